The van der Waals surface area contributed by atoms with Crippen LogP contribution in [0.25, 0.3) is 0 Å². The summed E-state index contributed by atoms with van der Waals surface area (Å²) < 4.78 is 24.2. The van der Waals surface area contributed by atoms with Crippen LogP contribution in [0.15, 0.2) is 12.7 Å². The SMILES string of the molecule is C=CCCNC(=O)C1CCCN(S(C)(=O)=O)C1. The number of hydrogen-bond acceptors (Lipinski definition) is 3. The molecule has 1 heterocycles. The Bertz CT molecular complexity index is 378. The maximum absolute atomic E-state index is 11.8. The molecule has 1 unspecified atom stereocenters. The first-order valence-corrected chi connectivity index (χ1v) is 7.63. The van der Waals surface area contributed by atoms with Gasteiger partial charge in [0.05, 0.1) is 12.2 Å². The molecule has 1 fully saturated rings. The van der Waals surface area contributed by atoms with Crippen molar-refractivity contribution in [2.75, 3.05) is 25.9 Å². The molecule has 0 aromatic rings. The second-order valence-corrected chi connectivity index (χ2v) is 6.31. The number of piperidine rings is 1. The van der Waals surface area contributed by atoms with Crippen molar-refractivity contribution in [3.8, 4) is 0 Å². The van der Waals surface area contributed by atoms with Crippen molar-refractivity contribution >= 4 is 15.9 Å². The molecule has 1 aliphatic rings. The average Bonchev–Trinajstić information content (AvgIpc) is 2.28. The third kappa shape index (κ3) is 4.47. The largest absolute Gasteiger partial charge is 0.356 e. The molecule has 5 nitrogen and oxygen atoms in total. The fourth-order valence-corrected chi connectivity index (χ4v) is 2.81. The van der Waals surface area contributed by atoms with Crippen molar-refractivity contribution in [2.24, 2.45) is 5.92 Å². The van der Waals surface area contributed by atoms with Gasteiger partial charge >= 0.3 is 0 Å². The normalized spacial score (nSPS) is 22.1. The Balaban J connectivity index is 2.49. The predicted octanol–water partition coefficient (Wildman–Crippen LogP) is 0.350. The van der Waals surface area contributed by atoms with Crippen LogP contribution in [0, 0.1) is 5.92 Å². The lowest BCUT2D eigenvalue weighted by Gasteiger charge is -2.30. The van der Waals surface area contributed by atoms with E-state index >= 15 is 0 Å². The molecule has 1 rings (SSSR count). The summed E-state index contributed by atoms with van der Waals surface area (Å²) in [7, 11) is -3.18. The van der Waals surface area contributed by atoms with Crippen LogP contribution < -0.4 is 5.32 Å². The maximum atomic E-state index is 11.8. The van der Waals surface area contributed by atoms with Crippen molar-refractivity contribution in [1.29, 1.82) is 0 Å². The fraction of sp³-hybridized carbons (Fsp3) is 0.727. The van der Waals surface area contributed by atoms with Crippen LogP contribution in [-0.4, -0.2) is 44.5 Å². The van der Waals surface area contributed by atoms with Crippen molar-refractivity contribution in [2.45, 2.75) is 19.3 Å². The summed E-state index contributed by atoms with van der Waals surface area (Å²) in [6.45, 7) is 4.97. The molecule has 0 aliphatic carbocycles. The number of carbonyl (C=O) groups is 1. The molecule has 1 atom stereocenters. The highest BCUT2D eigenvalue weighted by Crippen LogP contribution is 2.18. The molecule has 0 aromatic carbocycles. The monoisotopic (exact) mass is 260 g/mol. The Morgan fingerprint density at radius 2 is 2.29 bits per heavy atom. The van der Waals surface area contributed by atoms with Gasteiger partial charge in [-0.3, -0.25) is 4.79 Å². The van der Waals surface area contributed by atoms with Crippen molar-refractivity contribution in [3.63, 3.8) is 0 Å². The second kappa shape index (κ2) is 6.16. The van der Waals surface area contributed by atoms with Gasteiger partial charge in [0, 0.05) is 19.6 Å². The van der Waals surface area contributed by atoms with E-state index < -0.39 is 10.0 Å². The Hall–Kier alpha value is -0.880. The molecule has 0 aromatic heterocycles. The topological polar surface area (TPSA) is 66.5 Å². The van der Waals surface area contributed by atoms with Crippen LogP contribution in [0.2, 0.25) is 0 Å². The zero-order valence-corrected chi connectivity index (χ0v) is 11.0. The molecule has 1 amide bonds. The maximum Gasteiger partial charge on any atom is 0.224 e. The molecule has 0 radical (unpaired) electrons. The first-order chi connectivity index (χ1) is 7.95. The number of nitrogens with zero attached hydrogens (tertiary/aromatic N) is 1. The highest BCUT2D eigenvalue weighted by molar-refractivity contribution is 7.88. The molecule has 98 valence electrons. The predicted molar refractivity (Wildman–Crippen MR) is 67.0 cm³/mol. The standard InChI is InChI=1S/C11H20N2O3S/c1-3-4-7-12-11(14)10-6-5-8-13(9-10)17(2,15)16/h3,10H,1,4-9H2,2H3,(H,12,14). The van der Waals surface area contributed by atoms with Crippen molar-refractivity contribution in [1.82, 2.24) is 9.62 Å². The van der Waals surface area contributed by atoms with Crippen LogP contribution in [0.1, 0.15) is 19.3 Å². The number of rotatable bonds is 5. The summed E-state index contributed by atoms with van der Waals surface area (Å²) in [5.41, 5.74) is 0. The highest BCUT2D eigenvalue weighted by Gasteiger charge is 2.29. The summed E-state index contributed by atoms with van der Waals surface area (Å²) in [4.78, 5) is 11.8. The van der Waals surface area contributed by atoms with Gasteiger partial charge in [-0.1, -0.05) is 6.08 Å². The summed E-state index contributed by atoms with van der Waals surface area (Å²) in [5, 5.41) is 2.79. The number of hydrogen-bond donors (Lipinski definition) is 1. The lowest BCUT2D eigenvalue weighted by atomic mass is 9.99. The number of amides is 1. The smallest absolute Gasteiger partial charge is 0.224 e. The van der Waals surface area contributed by atoms with Gasteiger partial charge in [0.2, 0.25) is 15.9 Å². The molecule has 1 aliphatic heterocycles. The molecule has 0 bridgehead atoms. The molecule has 1 saturated heterocycles. The van der Waals surface area contributed by atoms with Gasteiger partial charge in [0.1, 0.15) is 0 Å². The van der Waals surface area contributed by atoms with Crippen molar-refractivity contribution < 1.29 is 13.2 Å². The molecular weight excluding hydrogens is 240 g/mol. The third-order valence-corrected chi connectivity index (χ3v) is 4.14. The Labute approximate surface area is 103 Å². The minimum Gasteiger partial charge on any atom is -0.356 e. The molecule has 0 spiro atoms. The first kappa shape index (κ1) is 14.2. The van der Waals surface area contributed by atoms with E-state index in [0.717, 1.165) is 19.3 Å². The van der Waals surface area contributed by atoms with Crippen LogP contribution in [-0.2, 0) is 14.8 Å². The Morgan fingerprint density at radius 3 is 2.88 bits per heavy atom. The van der Waals surface area contributed by atoms with Gasteiger partial charge in [0.25, 0.3) is 0 Å². The van der Waals surface area contributed by atoms with E-state index in [1.807, 2.05) is 0 Å². The molecule has 6 heteroatoms. The lowest BCUT2D eigenvalue weighted by molar-refractivity contribution is -0.126. The minimum atomic E-state index is -3.18. The Kier molecular flexibility index (Phi) is 5.14. The van der Waals surface area contributed by atoms with Crippen LogP contribution in [0.4, 0.5) is 0 Å². The minimum absolute atomic E-state index is 0.0554. The molecular formula is C11H20N2O3S. The lowest BCUT2D eigenvalue weighted by Crippen LogP contribution is -2.45. The quantitative estimate of drug-likeness (QED) is 0.573. The van der Waals surface area contributed by atoms with E-state index in [0.29, 0.717) is 19.6 Å². The van der Waals surface area contributed by atoms with Crippen LogP contribution in [0.3, 0.4) is 0 Å². The van der Waals surface area contributed by atoms with Gasteiger partial charge in [-0.2, -0.15) is 0 Å². The number of nitrogens with one attached hydrogen (secondary N) is 1. The molecule has 17 heavy (non-hydrogen) atoms. The summed E-state index contributed by atoms with van der Waals surface area (Å²) in [5.74, 6) is -0.275. The van der Waals surface area contributed by atoms with Gasteiger partial charge in [-0.15, -0.1) is 6.58 Å². The van der Waals surface area contributed by atoms with E-state index in [9.17, 15) is 13.2 Å². The van der Waals surface area contributed by atoms with E-state index in [1.165, 1.54) is 10.6 Å². The summed E-state index contributed by atoms with van der Waals surface area (Å²) in [6, 6.07) is 0. The zero-order chi connectivity index (χ0) is 12.9. The van der Waals surface area contributed by atoms with E-state index in [2.05, 4.69) is 11.9 Å². The van der Waals surface area contributed by atoms with E-state index in [-0.39, 0.29) is 11.8 Å². The van der Waals surface area contributed by atoms with Gasteiger partial charge in [0.15, 0.2) is 0 Å². The fourth-order valence-electron chi connectivity index (χ4n) is 1.90. The number of sulfonamides is 1. The Morgan fingerprint density at radius 1 is 1.59 bits per heavy atom. The van der Waals surface area contributed by atoms with Crippen molar-refractivity contribution in [3.05, 3.63) is 12.7 Å². The molecule has 1 N–H and O–H groups in total. The van der Waals surface area contributed by atoms with Gasteiger partial charge in [-0.25, -0.2) is 12.7 Å². The first-order valence-electron chi connectivity index (χ1n) is 5.79. The van der Waals surface area contributed by atoms with Crippen LogP contribution >= 0.6 is 0 Å². The summed E-state index contributed by atoms with van der Waals surface area (Å²) in [6.07, 6.45) is 5.15. The van der Waals surface area contributed by atoms with Gasteiger partial charge in [-0.05, 0) is 19.3 Å². The second-order valence-electron chi connectivity index (χ2n) is 4.33. The zero-order valence-electron chi connectivity index (χ0n) is 10.2. The number of carbonyl (C=O) groups excluding carboxylic acids is 1. The average molecular weight is 260 g/mol. The van der Waals surface area contributed by atoms with Crippen LogP contribution in [0.5, 0.6) is 0 Å². The van der Waals surface area contributed by atoms with E-state index in [1.54, 1.807) is 6.08 Å². The summed E-state index contributed by atoms with van der Waals surface area (Å²) >= 11 is 0. The third-order valence-electron chi connectivity index (χ3n) is 2.87. The van der Waals surface area contributed by atoms with E-state index in [4.69, 9.17) is 0 Å². The van der Waals surface area contributed by atoms with Gasteiger partial charge < -0.3 is 5.32 Å². The molecule has 0 saturated carbocycles. The highest BCUT2D eigenvalue weighted by atomic mass is 32.2.